The Bertz CT molecular complexity index is 832. The zero-order valence-corrected chi connectivity index (χ0v) is 17.7. The van der Waals surface area contributed by atoms with Crippen molar-refractivity contribution < 1.29 is 19.1 Å². The number of rotatable bonds is 9. The van der Waals surface area contributed by atoms with Gasteiger partial charge in [0.25, 0.3) is 0 Å². The van der Waals surface area contributed by atoms with Gasteiger partial charge in [0, 0.05) is 37.5 Å². The molecule has 1 N–H and O–H groups in total. The average molecular weight is 399 g/mol. The van der Waals surface area contributed by atoms with E-state index in [1.807, 2.05) is 24.3 Å². The molecular weight excluding hydrogens is 370 g/mol. The smallest absolute Gasteiger partial charge is 0.244 e. The third-order valence-corrected chi connectivity index (χ3v) is 4.65. The van der Waals surface area contributed by atoms with Gasteiger partial charge in [0.05, 0.1) is 19.9 Å². The maximum Gasteiger partial charge on any atom is 0.244 e. The van der Waals surface area contributed by atoms with Crippen molar-refractivity contribution in [2.75, 3.05) is 49.0 Å². The molecule has 29 heavy (non-hydrogen) atoms. The summed E-state index contributed by atoms with van der Waals surface area (Å²) in [5.74, 6) is 0.557. The molecule has 0 saturated carbocycles. The fourth-order valence-electron chi connectivity index (χ4n) is 3.06. The van der Waals surface area contributed by atoms with Crippen LogP contribution in [0.1, 0.15) is 20.8 Å². The molecule has 0 aliphatic rings. The van der Waals surface area contributed by atoms with Crippen LogP contribution in [0, 0.1) is 0 Å². The molecule has 156 valence electrons. The Hall–Kier alpha value is -3.22. The van der Waals surface area contributed by atoms with Crippen molar-refractivity contribution in [1.82, 2.24) is 0 Å². The molecule has 0 aromatic heterocycles. The van der Waals surface area contributed by atoms with Gasteiger partial charge in [0.2, 0.25) is 11.8 Å². The summed E-state index contributed by atoms with van der Waals surface area (Å²) < 4.78 is 10.5. The molecular formula is C22H29N3O4. The van der Waals surface area contributed by atoms with Gasteiger partial charge in [-0.15, -0.1) is 0 Å². The lowest BCUT2D eigenvalue weighted by Crippen LogP contribution is -2.36. The Kier molecular flexibility index (Phi) is 7.88. The summed E-state index contributed by atoms with van der Waals surface area (Å²) in [6, 6.07) is 12.8. The van der Waals surface area contributed by atoms with Gasteiger partial charge in [-0.3, -0.25) is 9.59 Å². The van der Waals surface area contributed by atoms with Crippen LogP contribution in [-0.2, 0) is 9.59 Å². The lowest BCUT2D eigenvalue weighted by Gasteiger charge is -2.24. The van der Waals surface area contributed by atoms with Gasteiger partial charge >= 0.3 is 0 Å². The first-order valence-corrected chi connectivity index (χ1v) is 9.58. The van der Waals surface area contributed by atoms with E-state index in [2.05, 4.69) is 24.1 Å². The second kappa shape index (κ2) is 10.4. The van der Waals surface area contributed by atoms with E-state index >= 15 is 0 Å². The zero-order chi connectivity index (χ0) is 21.4. The van der Waals surface area contributed by atoms with E-state index in [9.17, 15) is 9.59 Å². The van der Waals surface area contributed by atoms with Crippen molar-refractivity contribution in [1.29, 1.82) is 0 Å². The minimum atomic E-state index is -0.334. The summed E-state index contributed by atoms with van der Waals surface area (Å²) in [5, 5.41) is 2.79. The highest BCUT2D eigenvalue weighted by Crippen LogP contribution is 2.29. The van der Waals surface area contributed by atoms with Crippen LogP contribution in [0.4, 0.5) is 17.1 Å². The van der Waals surface area contributed by atoms with Crippen molar-refractivity contribution >= 4 is 28.9 Å². The van der Waals surface area contributed by atoms with Crippen LogP contribution < -0.4 is 24.6 Å². The molecule has 2 aromatic carbocycles. The highest BCUT2D eigenvalue weighted by Gasteiger charge is 2.18. The molecule has 0 atom stereocenters. The van der Waals surface area contributed by atoms with Crippen LogP contribution in [0.5, 0.6) is 11.5 Å². The lowest BCUT2D eigenvalue weighted by atomic mass is 10.2. The minimum Gasteiger partial charge on any atom is -0.497 e. The van der Waals surface area contributed by atoms with E-state index in [0.717, 1.165) is 18.8 Å². The summed E-state index contributed by atoms with van der Waals surface area (Å²) in [7, 11) is 3.07. The number of nitrogens with one attached hydrogen (secondary N) is 1. The maximum atomic E-state index is 12.6. The summed E-state index contributed by atoms with van der Waals surface area (Å²) in [4.78, 5) is 28.5. The molecule has 0 radical (unpaired) electrons. The summed E-state index contributed by atoms with van der Waals surface area (Å²) in [6.45, 7) is 7.32. The number of nitrogens with zero attached hydrogens (tertiary/aromatic N) is 2. The molecule has 2 amide bonds. The number of benzene rings is 2. The molecule has 7 heteroatoms. The lowest BCUT2D eigenvalue weighted by molar-refractivity contribution is -0.120. The predicted octanol–water partition coefficient (Wildman–Crippen LogP) is 3.54. The number of hydrogen-bond donors (Lipinski definition) is 1. The molecule has 0 aliphatic heterocycles. The van der Waals surface area contributed by atoms with Crippen LogP contribution in [0.25, 0.3) is 0 Å². The van der Waals surface area contributed by atoms with Gasteiger partial charge in [0.1, 0.15) is 18.0 Å². The van der Waals surface area contributed by atoms with Crippen LogP contribution in [0.3, 0.4) is 0 Å². The van der Waals surface area contributed by atoms with E-state index in [1.54, 1.807) is 25.3 Å². The fourth-order valence-corrected chi connectivity index (χ4v) is 3.06. The largest absolute Gasteiger partial charge is 0.497 e. The van der Waals surface area contributed by atoms with Gasteiger partial charge in [0.15, 0.2) is 0 Å². The van der Waals surface area contributed by atoms with Gasteiger partial charge in [-0.05, 0) is 50.2 Å². The van der Waals surface area contributed by atoms with E-state index in [4.69, 9.17) is 9.47 Å². The van der Waals surface area contributed by atoms with Crippen molar-refractivity contribution in [3.05, 3.63) is 42.5 Å². The highest BCUT2D eigenvalue weighted by atomic mass is 16.5. The molecule has 0 unspecified atom stereocenters. The Labute approximate surface area is 172 Å². The number of ether oxygens (including phenoxy) is 2. The number of carbonyl (C=O) groups excluding carboxylic acids is 2. The first-order chi connectivity index (χ1) is 13.9. The van der Waals surface area contributed by atoms with Gasteiger partial charge in [-0.1, -0.05) is 0 Å². The topological polar surface area (TPSA) is 71.1 Å². The Morgan fingerprint density at radius 1 is 0.931 bits per heavy atom. The van der Waals surface area contributed by atoms with Crippen molar-refractivity contribution in [3.8, 4) is 11.5 Å². The molecule has 0 bridgehead atoms. The average Bonchev–Trinajstić information content (AvgIpc) is 2.73. The molecule has 0 spiro atoms. The number of anilines is 3. The molecule has 0 aliphatic carbocycles. The van der Waals surface area contributed by atoms with E-state index in [1.165, 1.54) is 18.9 Å². The zero-order valence-electron chi connectivity index (χ0n) is 17.7. The summed E-state index contributed by atoms with van der Waals surface area (Å²) >= 11 is 0. The monoisotopic (exact) mass is 399 g/mol. The third kappa shape index (κ3) is 5.63. The van der Waals surface area contributed by atoms with Gasteiger partial charge in [-0.25, -0.2) is 0 Å². The highest BCUT2D eigenvalue weighted by molar-refractivity contribution is 6.02. The molecule has 0 saturated heterocycles. The van der Waals surface area contributed by atoms with E-state index in [0.29, 0.717) is 22.9 Å². The third-order valence-electron chi connectivity index (χ3n) is 4.65. The summed E-state index contributed by atoms with van der Waals surface area (Å²) in [6.07, 6.45) is 0. The molecule has 2 aromatic rings. The predicted molar refractivity (Wildman–Crippen MR) is 116 cm³/mol. The number of carbonyl (C=O) groups is 2. The number of amides is 2. The standard InChI is InChI=1S/C22H29N3O4/c1-6-24(7-2)17-8-10-18(11-9-17)25(16(3)26)15-22(27)23-20-14-19(28-4)12-13-21(20)29-5/h8-14H,6-7,15H2,1-5H3,(H,23,27). The second-order valence-corrected chi connectivity index (χ2v) is 6.41. The van der Waals surface area contributed by atoms with Crippen LogP contribution in [0.2, 0.25) is 0 Å². The Balaban J connectivity index is 2.17. The quantitative estimate of drug-likeness (QED) is 0.698. The maximum absolute atomic E-state index is 12.6. The molecule has 0 heterocycles. The van der Waals surface area contributed by atoms with Crippen molar-refractivity contribution in [2.24, 2.45) is 0 Å². The molecule has 2 rings (SSSR count). The fraction of sp³-hybridized carbons (Fsp3) is 0.364. The number of hydrogen-bond acceptors (Lipinski definition) is 5. The first kappa shape index (κ1) is 22.1. The second-order valence-electron chi connectivity index (χ2n) is 6.41. The van der Waals surface area contributed by atoms with Crippen LogP contribution >= 0.6 is 0 Å². The van der Waals surface area contributed by atoms with Gasteiger partial charge < -0.3 is 24.6 Å². The molecule has 7 nitrogen and oxygen atoms in total. The molecule has 0 fully saturated rings. The minimum absolute atomic E-state index is 0.111. The van der Waals surface area contributed by atoms with Crippen molar-refractivity contribution in [3.63, 3.8) is 0 Å². The Morgan fingerprint density at radius 3 is 2.07 bits per heavy atom. The SMILES string of the molecule is CCN(CC)c1ccc(N(CC(=O)Nc2cc(OC)ccc2OC)C(C)=O)cc1. The Morgan fingerprint density at radius 2 is 1.55 bits per heavy atom. The van der Waals surface area contributed by atoms with Crippen LogP contribution in [-0.4, -0.2) is 45.7 Å². The number of methoxy groups -OCH3 is 2. The summed E-state index contributed by atoms with van der Waals surface area (Å²) in [5.41, 5.74) is 2.23. The van der Waals surface area contributed by atoms with Crippen molar-refractivity contribution in [2.45, 2.75) is 20.8 Å². The van der Waals surface area contributed by atoms with E-state index < -0.39 is 0 Å². The first-order valence-electron chi connectivity index (χ1n) is 9.58. The van der Waals surface area contributed by atoms with Crippen LogP contribution in [0.15, 0.2) is 42.5 Å². The normalized spacial score (nSPS) is 10.2. The van der Waals surface area contributed by atoms with E-state index in [-0.39, 0.29) is 18.4 Å². The van der Waals surface area contributed by atoms with Gasteiger partial charge in [-0.2, -0.15) is 0 Å².